The molecule has 0 aliphatic rings. The van der Waals surface area contributed by atoms with Crippen molar-refractivity contribution in [2.24, 2.45) is 11.5 Å². The number of nitrogens with two attached hydrogens (primary N) is 2. The Morgan fingerprint density at radius 3 is 2.12 bits per heavy atom. The predicted octanol–water partition coefficient (Wildman–Crippen LogP) is -3.31. The van der Waals surface area contributed by atoms with Gasteiger partial charge in [0.25, 0.3) is 0 Å². The highest BCUT2D eigenvalue weighted by Crippen LogP contribution is 2.12. The number of aliphatic hydroxyl groups excluding tert-OH is 1. The molecule has 0 bridgehead atoms. The Labute approximate surface area is 183 Å². The summed E-state index contributed by atoms with van der Waals surface area (Å²) >= 11 is 0. The molecule has 0 saturated carbocycles. The van der Waals surface area contributed by atoms with Crippen molar-refractivity contribution in [3.8, 4) is 5.75 Å². The number of phenols is 1. The Morgan fingerprint density at radius 2 is 1.62 bits per heavy atom. The van der Waals surface area contributed by atoms with Crippen LogP contribution in [0.4, 0.5) is 0 Å². The molecular formula is C19H27N5O8. The van der Waals surface area contributed by atoms with Gasteiger partial charge >= 0.3 is 5.97 Å². The topological polar surface area (TPSA) is 234 Å². The molecule has 10 N–H and O–H groups in total. The zero-order chi connectivity index (χ0) is 24.4. The van der Waals surface area contributed by atoms with Crippen molar-refractivity contribution in [3.63, 3.8) is 0 Å². The maximum atomic E-state index is 12.6. The Hall–Kier alpha value is -3.71. The number of amides is 4. The fourth-order valence-corrected chi connectivity index (χ4v) is 2.57. The zero-order valence-electron chi connectivity index (χ0n) is 17.3. The second kappa shape index (κ2) is 12.2. The van der Waals surface area contributed by atoms with Crippen LogP contribution in [0.25, 0.3) is 0 Å². The van der Waals surface area contributed by atoms with E-state index >= 15 is 0 Å². The number of hydrogen-bond acceptors (Lipinski definition) is 8. The highest BCUT2D eigenvalue weighted by atomic mass is 16.4. The summed E-state index contributed by atoms with van der Waals surface area (Å²) < 4.78 is 0. The molecule has 0 radical (unpaired) electrons. The first kappa shape index (κ1) is 26.3. The number of carbonyl (C=O) groups is 5. The van der Waals surface area contributed by atoms with Gasteiger partial charge in [-0.2, -0.15) is 0 Å². The number of carbonyl (C=O) groups excluding carboxylic acids is 4. The first-order valence-electron chi connectivity index (χ1n) is 9.50. The van der Waals surface area contributed by atoms with Crippen LogP contribution in [-0.4, -0.2) is 75.7 Å². The van der Waals surface area contributed by atoms with Gasteiger partial charge in [0.2, 0.25) is 23.6 Å². The third-order valence-electron chi connectivity index (χ3n) is 4.26. The highest BCUT2D eigenvalue weighted by Gasteiger charge is 2.29. The lowest BCUT2D eigenvalue weighted by Crippen LogP contribution is -2.56. The number of carboxylic acid groups (broad SMARTS) is 1. The maximum absolute atomic E-state index is 12.6. The number of nitrogens with one attached hydrogen (secondary N) is 3. The molecule has 0 heterocycles. The van der Waals surface area contributed by atoms with Crippen molar-refractivity contribution >= 4 is 29.6 Å². The fraction of sp³-hybridized carbons (Fsp3) is 0.421. The number of phenolic OH excluding ortho intramolecular Hbond substituents is 1. The predicted molar refractivity (Wildman–Crippen MR) is 110 cm³/mol. The molecule has 4 amide bonds. The van der Waals surface area contributed by atoms with E-state index in [-0.39, 0.29) is 12.2 Å². The van der Waals surface area contributed by atoms with E-state index in [0.29, 0.717) is 5.56 Å². The van der Waals surface area contributed by atoms with Crippen LogP contribution in [0.1, 0.15) is 18.9 Å². The molecule has 1 rings (SSSR count). The average Bonchev–Trinajstić information content (AvgIpc) is 2.70. The summed E-state index contributed by atoms with van der Waals surface area (Å²) in [5.41, 5.74) is 11.0. The zero-order valence-corrected chi connectivity index (χ0v) is 17.3. The van der Waals surface area contributed by atoms with Crippen molar-refractivity contribution in [2.45, 2.75) is 44.0 Å². The van der Waals surface area contributed by atoms with Crippen molar-refractivity contribution < 1.29 is 39.3 Å². The minimum Gasteiger partial charge on any atom is -0.508 e. The maximum Gasteiger partial charge on any atom is 0.328 e. The van der Waals surface area contributed by atoms with Gasteiger partial charge in [0.05, 0.1) is 25.1 Å². The molecular weight excluding hydrogens is 426 g/mol. The van der Waals surface area contributed by atoms with Crippen LogP contribution in [0.15, 0.2) is 24.3 Å². The summed E-state index contributed by atoms with van der Waals surface area (Å²) in [7, 11) is 0. The average molecular weight is 453 g/mol. The largest absolute Gasteiger partial charge is 0.508 e. The van der Waals surface area contributed by atoms with Crippen LogP contribution in [0, 0.1) is 0 Å². The number of rotatable bonds is 12. The number of aromatic hydroxyl groups is 1. The van der Waals surface area contributed by atoms with Crippen LogP contribution in [-0.2, 0) is 30.4 Å². The van der Waals surface area contributed by atoms with Gasteiger partial charge in [-0.15, -0.1) is 0 Å². The summed E-state index contributed by atoms with van der Waals surface area (Å²) in [5.74, 6) is -4.79. The monoisotopic (exact) mass is 453 g/mol. The van der Waals surface area contributed by atoms with Gasteiger partial charge < -0.3 is 42.7 Å². The summed E-state index contributed by atoms with van der Waals surface area (Å²) in [6.45, 7) is 0.598. The minimum atomic E-state index is -1.62. The van der Waals surface area contributed by atoms with E-state index in [9.17, 15) is 34.2 Å². The first-order valence-corrected chi connectivity index (χ1v) is 9.50. The Balaban J connectivity index is 2.87. The van der Waals surface area contributed by atoms with Crippen molar-refractivity contribution in [3.05, 3.63) is 29.8 Å². The standard InChI is InChI=1S/C19H27N5O8/c1-9(25)16(19(31)32)24-18(30)13(6-10-2-4-11(26)5-3-10)23-15(28)8-22-17(29)12(20)7-14(21)27/h2-5,9,12-13,16,25-26H,6-8,20H2,1H3,(H2,21,27)(H,22,29)(H,23,28)(H,24,30)(H,31,32). The normalized spacial score (nSPS) is 14.3. The molecule has 0 spiro atoms. The molecule has 32 heavy (non-hydrogen) atoms. The van der Waals surface area contributed by atoms with E-state index in [1.54, 1.807) is 0 Å². The molecule has 13 nitrogen and oxygen atoms in total. The van der Waals surface area contributed by atoms with Crippen LogP contribution in [0.2, 0.25) is 0 Å². The summed E-state index contributed by atoms with van der Waals surface area (Å²) in [6, 6.07) is 1.58. The highest BCUT2D eigenvalue weighted by molar-refractivity contribution is 5.93. The summed E-state index contributed by atoms with van der Waals surface area (Å²) in [6.07, 6.45) is -1.92. The number of hydrogen-bond donors (Lipinski definition) is 8. The van der Waals surface area contributed by atoms with Crippen LogP contribution < -0.4 is 27.4 Å². The van der Waals surface area contributed by atoms with E-state index in [4.69, 9.17) is 16.6 Å². The summed E-state index contributed by atoms with van der Waals surface area (Å²) in [5, 5.41) is 34.8. The van der Waals surface area contributed by atoms with Crippen molar-refractivity contribution in [1.29, 1.82) is 0 Å². The lowest BCUT2D eigenvalue weighted by atomic mass is 10.0. The van der Waals surface area contributed by atoms with Gasteiger partial charge in [0.1, 0.15) is 11.8 Å². The Kier molecular flexibility index (Phi) is 10.1. The number of benzene rings is 1. The minimum absolute atomic E-state index is 0.0196. The van der Waals surface area contributed by atoms with Crippen LogP contribution in [0.5, 0.6) is 5.75 Å². The molecule has 4 atom stereocenters. The van der Waals surface area contributed by atoms with Crippen LogP contribution >= 0.6 is 0 Å². The molecule has 0 aliphatic heterocycles. The van der Waals surface area contributed by atoms with E-state index in [2.05, 4.69) is 16.0 Å². The second-order valence-electron chi connectivity index (χ2n) is 7.05. The van der Waals surface area contributed by atoms with Crippen molar-refractivity contribution in [2.75, 3.05) is 6.54 Å². The Morgan fingerprint density at radius 1 is 1.03 bits per heavy atom. The van der Waals surface area contributed by atoms with Gasteiger partial charge in [0.15, 0.2) is 6.04 Å². The van der Waals surface area contributed by atoms with Crippen molar-refractivity contribution in [1.82, 2.24) is 16.0 Å². The first-order chi connectivity index (χ1) is 14.9. The quantitative estimate of drug-likeness (QED) is 0.158. The lowest BCUT2D eigenvalue weighted by Gasteiger charge is -2.23. The molecule has 0 saturated heterocycles. The number of primary amides is 1. The third-order valence-corrected chi connectivity index (χ3v) is 4.26. The molecule has 13 heteroatoms. The van der Waals surface area contributed by atoms with E-state index in [0.717, 1.165) is 0 Å². The fourth-order valence-electron chi connectivity index (χ4n) is 2.57. The number of aliphatic carboxylic acids is 1. The number of carboxylic acids is 1. The van der Waals surface area contributed by atoms with Gasteiger partial charge in [-0.05, 0) is 24.6 Å². The van der Waals surface area contributed by atoms with Crippen LogP contribution in [0.3, 0.4) is 0 Å². The lowest BCUT2D eigenvalue weighted by molar-refractivity contribution is -0.145. The van der Waals surface area contributed by atoms with Gasteiger partial charge in [0, 0.05) is 6.42 Å². The number of aliphatic hydroxyl groups is 1. The molecule has 0 fully saturated rings. The molecule has 0 aliphatic carbocycles. The third kappa shape index (κ3) is 8.97. The SMILES string of the molecule is CC(O)C(NC(=O)C(Cc1ccc(O)cc1)NC(=O)CNC(=O)C(N)CC(N)=O)C(=O)O. The van der Waals surface area contributed by atoms with Gasteiger partial charge in [-0.1, -0.05) is 12.1 Å². The Bertz CT molecular complexity index is 843. The molecule has 0 aromatic heterocycles. The smallest absolute Gasteiger partial charge is 0.328 e. The van der Waals surface area contributed by atoms with E-state index in [1.807, 2.05) is 0 Å². The van der Waals surface area contributed by atoms with E-state index < -0.39 is 66.8 Å². The second-order valence-corrected chi connectivity index (χ2v) is 7.05. The molecule has 1 aromatic rings. The van der Waals surface area contributed by atoms with Gasteiger partial charge in [-0.25, -0.2) is 4.79 Å². The van der Waals surface area contributed by atoms with E-state index in [1.165, 1.54) is 31.2 Å². The van der Waals surface area contributed by atoms with Gasteiger partial charge in [-0.3, -0.25) is 19.2 Å². The molecule has 1 aromatic carbocycles. The molecule has 4 unspecified atom stereocenters. The molecule has 176 valence electrons. The summed E-state index contributed by atoms with van der Waals surface area (Å²) in [4.78, 5) is 58.8.